The van der Waals surface area contributed by atoms with Gasteiger partial charge >= 0.3 is 0 Å². The molecule has 31 heavy (non-hydrogen) atoms. The summed E-state index contributed by atoms with van der Waals surface area (Å²) in [4.78, 5) is 13.1. The van der Waals surface area contributed by atoms with E-state index in [1.807, 2.05) is 79.7 Å². The van der Waals surface area contributed by atoms with Gasteiger partial charge < -0.3 is 5.32 Å². The maximum Gasteiger partial charge on any atom is 0.234 e. The first kappa shape index (κ1) is 21.1. The van der Waals surface area contributed by atoms with E-state index in [4.69, 9.17) is 11.6 Å². The van der Waals surface area contributed by atoms with Crippen molar-refractivity contribution in [3.63, 3.8) is 0 Å². The molecule has 6 nitrogen and oxygen atoms in total. The minimum Gasteiger partial charge on any atom is -0.344 e. The zero-order chi connectivity index (χ0) is 21.6. The maximum atomic E-state index is 13.1. The van der Waals surface area contributed by atoms with Crippen molar-refractivity contribution in [3.8, 4) is 5.69 Å². The van der Waals surface area contributed by atoms with Crippen LogP contribution < -0.4 is 5.32 Å². The number of nitrogens with one attached hydrogen (secondary N) is 1. The van der Waals surface area contributed by atoms with Crippen LogP contribution in [0.25, 0.3) is 5.69 Å². The van der Waals surface area contributed by atoms with E-state index in [-0.39, 0.29) is 11.9 Å². The summed E-state index contributed by atoms with van der Waals surface area (Å²) in [7, 11) is 0. The number of benzene rings is 3. The van der Waals surface area contributed by atoms with Crippen LogP contribution in [0.4, 0.5) is 0 Å². The van der Waals surface area contributed by atoms with Gasteiger partial charge in [0.2, 0.25) is 11.1 Å². The molecule has 0 bridgehead atoms. The highest BCUT2D eigenvalue weighted by molar-refractivity contribution is 8.00. The molecule has 0 saturated carbocycles. The Labute approximate surface area is 189 Å². The summed E-state index contributed by atoms with van der Waals surface area (Å²) in [6.45, 7) is 1.84. The fourth-order valence-corrected chi connectivity index (χ4v) is 4.06. The molecule has 0 spiro atoms. The van der Waals surface area contributed by atoms with Gasteiger partial charge in [-0.3, -0.25) is 4.79 Å². The normalized spacial score (nSPS) is 12.0. The summed E-state index contributed by atoms with van der Waals surface area (Å²) in [6, 6.07) is 26.8. The van der Waals surface area contributed by atoms with Gasteiger partial charge in [-0.15, -0.1) is 5.10 Å². The molecular formula is C23H20ClN5OS. The van der Waals surface area contributed by atoms with E-state index in [9.17, 15) is 4.79 Å². The van der Waals surface area contributed by atoms with Gasteiger partial charge in [-0.25, -0.2) is 0 Å². The lowest BCUT2D eigenvalue weighted by Gasteiger charge is -2.22. The molecule has 1 aromatic heterocycles. The number of hydrogen-bond acceptors (Lipinski definition) is 5. The molecular weight excluding hydrogens is 430 g/mol. The Hall–Kier alpha value is -3.16. The van der Waals surface area contributed by atoms with E-state index in [2.05, 4.69) is 20.8 Å². The highest BCUT2D eigenvalue weighted by atomic mass is 35.5. The average Bonchev–Trinajstić information content (AvgIpc) is 3.27. The van der Waals surface area contributed by atoms with Crippen molar-refractivity contribution >= 4 is 29.3 Å². The van der Waals surface area contributed by atoms with Crippen LogP contribution in [0, 0.1) is 0 Å². The number of rotatable bonds is 7. The van der Waals surface area contributed by atoms with Crippen molar-refractivity contribution in [1.82, 2.24) is 25.5 Å². The summed E-state index contributed by atoms with van der Waals surface area (Å²) >= 11 is 7.27. The summed E-state index contributed by atoms with van der Waals surface area (Å²) in [6.07, 6.45) is 0. The van der Waals surface area contributed by atoms with Gasteiger partial charge in [0.1, 0.15) is 0 Å². The minimum atomic E-state index is -0.410. The van der Waals surface area contributed by atoms with Crippen molar-refractivity contribution in [1.29, 1.82) is 0 Å². The Morgan fingerprint density at radius 1 is 0.935 bits per heavy atom. The van der Waals surface area contributed by atoms with Crippen LogP contribution in [0.2, 0.25) is 5.02 Å². The molecule has 4 rings (SSSR count). The number of hydrogen-bond donors (Lipinski definition) is 1. The highest BCUT2D eigenvalue weighted by Crippen LogP contribution is 2.26. The van der Waals surface area contributed by atoms with Crippen LogP contribution in [0.5, 0.6) is 0 Å². The maximum absolute atomic E-state index is 13.1. The second kappa shape index (κ2) is 9.76. The summed E-state index contributed by atoms with van der Waals surface area (Å²) in [5.41, 5.74) is 2.81. The molecule has 1 amide bonds. The van der Waals surface area contributed by atoms with Gasteiger partial charge in [0.05, 0.1) is 17.0 Å². The second-order valence-electron chi connectivity index (χ2n) is 6.87. The molecule has 156 valence electrons. The number of halogens is 1. The molecule has 0 radical (unpaired) electrons. The Morgan fingerprint density at radius 3 is 2.10 bits per heavy atom. The third-order valence-electron chi connectivity index (χ3n) is 4.72. The monoisotopic (exact) mass is 449 g/mol. The molecule has 0 aliphatic heterocycles. The molecule has 1 atom stereocenters. The van der Waals surface area contributed by atoms with Crippen LogP contribution in [-0.4, -0.2) is 31.4 Å². The molecule has 0 saturated heterocycles. The van der Waals surface area contributed by atoms with E-state index in [0.29, 0.717) is 10.2 Å². The van der Waals surface area contributed by atoms with Gasteiger partial charge in [0.25, 0.3) is 0 Å². The van der Waals surface area contributed by atoms with Crippen LogP contribution >= 0.6 is 23.4 Å². The number of carbonyl (C=O) groups excluding carboxylic acids is 1. The van der Waals surface area contributed by atoms with E-state index in [1.165, 1.54) is 11.8 Å². The van der Waals surface area contributed by atoms with Gasteiger partial charge in [0, 0.05) is 5.02 Å². The van der Waals surface area contributed by atoms with Crippen molar-refractivity contribution in [2.24, 2.45) is 0 Å². The first-order valence-corrected chi connectivity index (χ1v) is 11.0. The lowest BCUT2D eigenvalue weighted by Crippen LogP contribution is -2.35. The van der Waals surface area contributed by atoms with Crippen molar-refractivity contribution in [2.45, 2.75) is 23.4 Å². The largest absolute Gasteiger partial charge is 0.344 e. The molecule has 0 aliphatic rings. The number of aromatic nitrogens is 4. The third-order valence-corrected chi connectivity index (χ3v) is 6.00. The Morgan fingerprint density at radius 2 is 1.52 bits per heavy atom. The molecule has 8 heteroatoms. The first-order chi connectivity index (χ1) is 15.1. The van der Waals surface area contributed by atoms with Gasteiger partial charge in [-0.2, -0.15) is 4.68 Å². The van der Waals surface area contributed by atoms with Crippen LogP contribution in [-0.2, 0) is 4.79 Å². The first-order valence-electron chi connectivity index (χ1n) is 9.73. The number of nitrogens with zero attached hydrogens (tertiary/aromatic N) is 4. The van der Waals surface area contributed by atoms with E-state index in [1.54, 1.807) is 16.8 Å². The number of amides is 1. The number of carbonyl (C=O) groups is 1. The smallest absolute Gasteiger partial charge is 0.234 e. The molecule has 0 aliphatic carbocycles. The van der Waals surface area contributed by atoms with Crippen LogP contribution in [0.1, 0.15) is 24.1 Å². The van der Waals surface area contributed by atoms with Crippen LogP contribution in [0.3, 0.4) is 0 Å². The van der Waals surface area contributed by atoms with Gasteiger partial charge in [0.15, 0.2) is 0 Å². The minimum absolute atomic E-state index is 0.103. The predicted octanol–water partition coefficient (Wildman–Crippen LogP) is 4.70. The van der Waals surface area contributed by atoms with Crippen molar-refractivity contribution < 1.29 is 4.79 Å². The Bertz CT molecular complexity index is 1100. The third kappa shape index (κ3) is 5.13. The van der Waals surface area contributed by atoms with E-state index in [0.717, 1.165) is 16.8 Å². The summed E-state index contributed by atoms with van der Waals surface area (Å²) in [5, 5.41) is 15.8. The quantitative estimate of drug-likeness (QED) is 0.414. The van der Waals surface area contributed by atoms with Crippen LogP contribution in [0.15, 0.2) is 90.1 Å². The Kier molecular flexibility index (Phi) is 6.64. The predicted molar refractivity (Wildman–Crippen MR) is 122 cm³/mol. The summed E-state index contributed by atoms with van der Waals surface area (Å²) < 4.78 is 1.59. The topological polar surface area (TPSA) is 72.7 Å². The number of thioether (sulfide) groups is 1. The highest BCUT2D eigenvalue weighted by Gasteiger charge is 2.23. The van der Waals surface area contributed by atoms with E-state index < -0.39 is 5.25 Å². The van der Waals surface area contributed by atoms with E-state index >= 15 is 0 Å². The SMILES string of the molecule is CC(Sc1nnnn1-c1ccc(Cl)cc1)C(=O)NC(c1ccccc1)c1ccccc1. The molecule has 3 aromatic carbocycles. The molecule has 1 heterocycles. The molecule has 0 fully saturated rings. The average molecular weight is 450 g/mol. The fourth-order valence-electron chi connectivity index (χ4n) is 3.12. The lowest BCUT2D eigenvalue weighted by atomic mass is 9.98. The molecule has 1 N–H and O–H groups in total. The van der Waals surface area contributed by atoms with Gasteiger partial charge in [-0.05, 0) is 52.7 Å². The standard InChI is InChI=1S/C23H20ClN5OS/c1-16(31-23-26-27-28-29(23)20-14-12-19(24)13-15-20)22(30)25-21(17-8-4-2-5-9-17)18-10-6-3-7-11-18/h2-16,21H,1H3,(H,25,30). The molecule has 4 aromatic rings. The Balaban J connectivity index is 1.52. The van der Waals surface area contributed by atoms with Crippen molar-refractivity contribution in [3.05, 3.63) is 101 Å². The zero-order valence-electron chi connectivity index (χ0n) is 16.7. The fraction of sp³-hybridized carbons (Fsp3) is 0.130. The number of tetrazole rings is 1. The van der Waals surface area contributed by atoms with Gasteiger partial charge in [-0.1, -0.05) is 84.0 Å². The van der Waals surface area contributed by atoms with Crippen molar-refractivity contribution in [2.75, 3.05) is 0 Å². The summed E-state index contributed by atoms with van der Waals surface area (Å²) in [5.74, 6) is -0.103. The lowest BCUT2D eigenvalue weighted by molar-refractivity contribution is -0.120. The zero-order valence-corrected chi connectivity index (χ0v) is 18.3. The molecule has 1 unspecified atom stereocenters. The second-order valence-corrected chi connectivity index (χ2v) is 8.62.